The lowest BCUT2D eigenvalue weighted by Gasteiger charge is -2.15. The molecular formula is C13H11ClN4O. The number of nitrogens with one attached hydrogen (secondary N) is 1. The van der Waals surface area contributed by atoms with E-state index in [0.29, 0.717) is 22.1 Å². The van der Waals surface area contributed by atoms with Crippen LogP contribution < -0.4 is 0 Å². The Bertz CT molecular complexity index is 664. The molecular weight excluding hydrogens is 264 g/mol. The minimum atomic E-state index is -0.882. The summed E-state index contributed by atoms with van der Waals surface area (Å²) in [7, 11) is 0. The lowest BCUT2D eigenvalue weighted by molar-refractivity contribution is 0.210. The molecule has 3 rings (SSSR count). The summed E-state index contributed by atoms with van der Waals surface area (Å²) in [6.07, 6.45) is 5.81. The second-order valence-electron chi connectivity index (χ2n) is 4.01. The molecule has 2 aromatic heterocycles. The average molecular weight is 275 g/mol. The van der Waals surface area contributed by atoms with Crippen LogP contribution in [0.25, 0.3) is 5.69 Å². The molecule has 1 aromatic carbocycles. The summed E-state index contributed by atoms with van der Waals surface area (Å²) in [4.78, 5) is 6.96. The fourth-order valence-corrected chi connectivity index (χ4v) is 2.24. The minimum absolute atomic E-state index is 0.468. The minimum Gasteiger partial charge on any atom is -0.380 e. The van der Waals surface area contributed by atoms with Crippen molar-refractivity contribution in [3.8, 4) is 5.69 Å². The van der Waals surface area contributed by atoms with Gasteiger partial charge in [-0.15, -0.1) is 0 Å². The van der Waals surface area contributed by atoms with E-state index in [-0.39, 0.29) is 0 Å². The van der Waals surface area contributed by atoms with Gasteiger partial charge >= 0.3 is 0 Å². The lowest BCUT2D eigenvalue weighted by Crippen LogP contribution is -2.08. The van der Waals surface area contributed by atoms with E-state index in [4.69, 9.17) is 11.6 Å². The Morgan fingerprint density at radius 3 is 2.84 bits per heavy atom. The van der Waals surface area contributed by atoms with E-state index < -0.39 is 6.10 Å². The smallest absolute Gasteiger partial charge is 0.139 e. The number of rotatable bonds is 3. The highest BCUT2D eigenvalue weighted by molar-refractivity contribution is 6.32. The number of nitrogens with zero attached hydrogens (tertiary/aromatic N) is 3. The van der Waals surface area contributed by atoms with E-state index in [2.05, 4.69) is 15.1 Å². The molecule has 0 bridgehead atoms. The fourth-order valence-electron chi connectivity index (χ4n) is 1.97. The molecule has 0 aliphatic rings. The quantitative estimate of drug-likeness (QED) is 0.770. The molecule has 2 N–H and O–H groups in total. The summed E-state index contributed by atoms with van der Waals surface area (Å²) in [5.74, 6) is 0.468. The Hall–Kier alpha value is -2.11. The van der Waals surface area contributed by atoms with Crippen LogP contribution in [0.15, 0.2) is 49.1 Å². The van der Waals surface area contributed by atoms with Gasteiger partial charge in [0, 0.05) is 30.4 Å². The van der Waals surface area contributed by atoms with Gasteiger partial charge in [0.15, 0.2) is 0 Å². The van der Waals surface area contributed by atoms with Crippen molar-refractivity contribution in [2.75, 3.05) is 0 Å². The van der Waals surface area contributed by atoms with Gasteiger partial charge in [0.25, 0.3) is 0 Å². The summed E-state index contributed by atoms with van der Waals surface area (Å²) in [5.41, 5.74) is 1.30. The van der Waals surface area contributed by atoms with Crippen molar-refractivity contribution >= 4 is 11.6 Å². The van der Waals surface area contributed by atoms with E-state index in [1.165, 1.54) is 0 Å². The highest BCUT2D eigenvalue weighted by Crippen LogP contribution is 2.30. The number of aromatic amines is 1. The van der Waals surface area contributed by atoms with E-state index >= 15 is 0 Å². The van der Waals surface area contributed by atoms with Gasteiger partial charge in [-0.2, -0.15) is 5.10 Å². The predicted octanol–water partition coefficient (Wildman–Crippen LogP) is 2.33. The maximum Gasteiger partial charge on any atom is 0.139 e. The fraction of sp³-hybridized carbons (Fsp3) is 0.0769. The summed E-state index contributed by atoms with van der Waals surface area (Å²) in [6.45, 7) is 0. The van der Waals surface area contributed by atoms with Crippen molar-refractivity contribution in [2.45, 2.75) is 6.10 Å². The Labute approximate surface area is 114 Å². The number of aliphatic hydroxyl groups excluding tert-OH is 1. The van der Waals surface area contributed by atoms with Crippen LogP contribution in [-0.4, -0.2) is 24.9 Å². The molecule has 2 heterocycles. The van der Waals surface area contributed by atoms with Crippen LogP contribution in [0.3, 0.4) is 0 Å². The number of benzene rings is 1. The van der Waals surface area contributed by atoms with Crippen molar-refractivity contribution in [1.82, 2.24) is 19.7 Å². The van der Waals surface area contributed by atoms with Crippen LogP contribution in [0.1, 0.15) is 17.5 Å². The number of hydrogen-bond donors (Lipinski definition) is 2. The molecule has 3 aromatic rings. The number of aromatic nitrogens is 4. The van der Waals surface area contributed by atoms with Gasteiger partial charge < -0.3 is 10.1 Å². The summed E-state index contributed by atoms with van der Waals surface area (Å²) in [5, 5.41) is 15.1. The van der Waals surface area contributed by atoms with Crippen LogP contribution in [0.5, 0.6) is 0 Å². The van der Waals surface area contributed by atoms with Crippen molar-refractivity contribution in [3.05, 3.63) is 65.5 Å². The molecule has 0 saturated heterocycles. The molecule has 0 spiro atoms. The van der Waals surface area contributed by atoms with Crippen molar-refractivity contribution < 1.29 is 5.11 Å². The normalized spacial score (nSPS) is 12.5. The first-order valence-corrected chi connectivity index (χ1v) is 6.11. The first-order valence-electron chi connectivity index (χ1n) is 5.73. The first kappa shape index (κ1) is 12.0. The largest absolute Gasteiger partial charge is 0.380 e. The van der Waals surface area contributed by atoms with E-state index in [0.717, 1.165) is 0 Å². The third-order valence-electron chi connectivity index (χ3n) is 2.82. The monoisotopic (exact) mass is 274 g/mol. The molecule has 1 atom stereocenters. The second kappa shape index (κ2) is 4.87. The zero-order chi connectivity index (χ0) is 13.2. The van der Waals surface area contributed by atoms with Crippen LogP contribution >= 0.6 is 11.6 Å². The van der Waals surface area contributed by atoms with Gasteiger partial charge in [0.2, 0.25) is 0 Å². The number of hydrogen-bond acceptors (Lipinski definition) is 3. The van der Waals surface area contributed by atoms with Crippen LogP contribution in [0.2, 0.25) is 5.02 Å². The van der Waals surface area contributed by atoms with Crippen LogP contribution in [0, 0.1) is 0 Å². The van der Waals surface area contributed by atoms with Gasteiger partial charge in [0.1, 0.15) is 11.9 Å². The standard InChI is InChI=1S/C13H11ClN4O/c14-10-4-1-3-9(11(10)18-8-2-5-17-18)12(19)13-15-6-7-16-13/h1-8,12,19H,(H,15,16). The zero-order valence-electron chi connectivity index (χ0n) is 9.86. The molecule has 0 aliphatic heterocycles. The molecule has 1 unspecified atom stereocenters. The third-order valence-corrected chi connectivity index (χ3v) is 3.13. The summed E-state index contributed by atoms with van der Waals surface area (Å²) < 4.78 is 1.63. The van der Waals surface area contributed by atoms with Crippen molar-refractivity contribution in [1.29, 1.82) is 0 Å². The number of halogens is 1. The van der Waals surface area contributed by atoms with E-state index in [9.17, 15) is 5.11 Å². The molecule has 5 nitrogen and oxygen atoms in total. The SMILES string of the molecule is OC(c1ncc[nH]1)c1cccc(Cl)c1-n1cccn1. The number of H-pyrrole nitrogens is 1. The van der Waals surface area contributed by atoms with Gasteiger partial charge in [-0.05, 0) is 12.1 Å². The van der Waals surface area contributed by atoms with Crippen LogP contribution in [-0.2, 0) is 0 Å². The maximum absolute atomic E-state index is 10.4. The van der Waals surface area contributed by atoms with E-state index in [1.807, 2.05) is 0 Å². The van der Waals surface area contributed by atoms with Crippen molar-refractivity contribution in [2.24, 2.45) is 0 Å². The third kappa shape index (κ3) is 2.14. The highest BCUT2D eigenvalue weighted by Gasteiger charge is 2.19. The van der Waals surface area contributed by atoms with E-state index in [1.54, 1.807) is 53.7 Å². The lowest BCUT2D eigenvalue weighted by atomic mass is 10.1. The van der Waals surface area contributed by atoms with Gasteiger partial charge in [-0.25, -0.2) is 9.67 Å². The molecule has 0 radical (unpaired) electrons. The molecule has 6 heteroatoms. The van der Waals surface area contributed by atoms with Crippen molar-refractivity contribution in [3.63, 3.8) is 0 Å². The molecule has 96 valence electrons. The Kier molecular flexibility index (Phi) is 3.06. The Morgan fingerprint density at radius 2 is 2.16 bits per heavy atom. The maximum atomic E-state index is 10.4. The molecule has 0 saturated carbocycles. The van der Waals surface area contributed by atoms with Crippen LogP contribution in [0.4, 0.5) is 0 Å². The molecule has 0 fully saturated rings. The van der Waals surface area contributed by atoms with Gasteiger partial charge in [-0.3, -0.25) is 0 Å². The predicted molar refractivity (Wildman–Crippen MR) is 71.2 cm³/mol. The number of imidazole rings is 1. The molecule has 19 heavy (non-hydrogen) atoms. The number of para-hydroxylation sites is 1. The average Bonchev–Trinajstić information content (AvgIpc) is 3.10. The highest BCUT2D eigenvalue weighted by atomic mass is 35.5. The Morgan fingerprint density at radius 1 is 1.26 bits per heavy atom. The molecule has 0 amide bonds. The van der Waals surface area contributed by atoms with Gasteiger partial charge in [-0.1, -0.05) is 23.7 Å². The topological polar surface area (TPSA) is 66.7 Å². The zero-order valence-corrected chi connectivity index (χ0v) is 10.6. The summed E-state index contributed by atoms with van der Waals surface area (Å²) >= 11 is 6.22. The second-order valence-corrected chi connectivity index (χ2v) is 4.41. The summed E-state index contributed by atoms with van der Waals surface area (Å²) in [6, 6.07) is 7.15. The Balaban J connectivity index is 2.14. The first-order chi connectivity index (χ1) is 9.27. The number of aliphatic hydroxyl groups is 1. The van der Waals surface area contributed by atoms with Gasteiger partial charge in [0.05, 0.1) is 10.7 Å². The molecule has 0 aliphatic carbocycles.